The summed E-state index contributed by atoms with van der Waals surface area (Å²) < 4.78 is 10.6. The Balaban J connectivity index is 1.88. The summed E-state index contributed by atoms with van der Waals surface area (Å²) in [5, 5.41) is 0.0899. The minimum absolute atomic E-state index is 0.0899. The van der Waals surface area contributed by atoms with Crippen molar-refractivity contribution in [3.63, 3.8) is 0 Å². The molecule has 1 aromatic rings. The largest absolute Gasteiger partial charge is 0.497 e. The molecular formula is C15H19NO3S. The first-order valence-electron chi connectivity index (χ1n) is 6.88. The quantitative estimate of drug-likeness (QED) is 0.855. The van der Waals surface area contributed by atoms with Gasteiger partial charge in [0, 0.05) is 24.3 Å². The standard InChI is InChI=1S/C15H19NO3S/c1-18-12-7-11(8-13(9-12)19-2)15-16(5-6-20-15)14(17)10-3-4-10/h7-10,15H,3-6H2,1-2H3/t15-/m1/s1. The predicted octanol–water partition coefficient (Wildman–Crippen LogP) is 2.69. The number of nitrogens with zero attached hydrogens (tertiary/aromatic N) is 1. The highest BCUT2D eigenvalue weighted by atomic mass is 32.2. The molecule has 0 radical (unpaired) electrons. The van der Waals surface area contributed by atoms with Crippen LogP contribution in [0.25, 0.3) is 0 Å². The number of carbonyl (C=O) groups is 1. The SMILES string of the molecule is COc1cc(OC)cc([C@H]2SCCN2C(=O)C2CC2)c1. The second-order valence-corrected chi connectivity index (χ2v) is 6.36. The molecule has 0 unspecified atom stereocenters. The van der Waals surface area contributed by atoms with Crippen LogP contribution in [0.5, 0.6) is 11.5 Å². The monoisotopic (exact) mass is 293 g/mol. The first-order valence-corrected chi connectivity index (χ1v) is 7.93. The highest BCUT2D eigenvalue weighted by Gasteiger charge is 2.39. The molecule has 2 aliphatic rings. The minimum atomic E-state index is 0.0899. The van der Waals surface area contributed by atoms with Crippen LogP contribution in [0.15, 0.2) is 18.2 Å². The van der Waals surface area contributed by atoms with Crippen molar-refractivity contribution in [3.05, 3.63) is 23.8 Å². The third-order valence-corrected chi connectivity index (χ3v) is 5.02. The average Bonchev–Trinajstić information content (AvgIpc) is 3.22. The number of thioether (sulfide) groups is 1. The highest BCUT2D eigenvalue weighted by Crippen LogP contribution is 2.43. The van der Waals surface area contributed by atoms with Crippen LogP contribution in [0, 0.1) is 5.92 Å². The fourth-order valence-corrected chi connectivity index (χ4v) is 3.75. The van der Waals surface area contributed by atoms with E-state index < -0.39 is 0 Å². The van der Waals surface area contributed by atoms with Crippen LogP contribution in [0.4, 0.5) is 0 Å². The van der Waals surface area contributed by atoms with Gasteiger partial charge in [-0.15, -0.1) is 11.8 Å². The summed E-state index contributed by atoms with van der Waals surface area (Å²) in [5.41, 5.74) is 1.08. The molecule has 108 valence electrons. The van der Waals surface area contributed by atoms with Gasteiger partial charge in [0.05, 0.1) is 14.2 Å². The molecular weight excluding hydrogens is 274 g/mol. The summed E-state index contributed by atoms with van der Waals surface area (Å²) in [6.07, 6.45) is 2.10. The van der Waals surface area contributed by atoms with E-state index in [0.29, 0.717) is 5.91 Å². The van der Waals surface area contributed by atoms with Gasteiger partial charge in [-0.2, -0.15) is 0 Å². The maximum Gasteiger partial charge on any atom is 0.226 e. The molecule has 1 aromatic carbocycles. The third kappa shape index (κ3) is 2.59. The molecule has 2 fully saturated rings. The number of carbonyl (C=O) groups excluding carboxylic acids is 1. The minimum Gasteiger partial charge on any atom is -0.497 e. The van der Waals surface area contributed by atoms with E-state index in [4.69, 9.17) is 9.47 Å². The average molecular weight is 293 g/mol. The summed E-state index contributed by atoms with van der Waals surface area (Å²) >= 11 is 1.81. The van der Waals surface area contributed by atoms with E-state index in [9.17, 15) is 4.79 Å². The Morgan fingerprint density at radius 1 is 1.20 bits per heavy atom. The maximum absolute atomic E-state index is 12.4. The van der Waals surface area contributed by atoms with Gasteiger partial charge in [0.25, 0.3) is 0 Å². The topological polar surface area (TPSA) is 38.8 Å². The van der Waals surface area contributed by atoms with E-state index in [1.54, 1.807) is 14.2 Å². The fourth-order valence-electron chi connectivity index (χ4n) is 2.51. The molecule has 0 aromatic heterocycles. The molecule has 0 spiro atoms. The molecule has 1 aliphatic heterocycles. The van der Waals surface area contributed by atoms with E-state index in [1.165, 1.54) is 0 Å². The summed E-state index contributed by atoms with van der Waals surface area (Å²) in [6, 6.07) is 5.85. The lowest BCUT2D eigenvalue weighted by atomic mass is 10.1. The third-order valence-electron chi connectivity index (χ3n) is 3.76. The Bertz CT molecular complexity index is 494. The number of hydrogen-bond acceptors (Lipinski definition) is 4. The maximum atomic E-state index is 12.4. The Morgan fingerprint density at radius 2 is 1.85 bits per heavy atom. The van der Waals surface area contributed by atoms with Crippen molar-refractivity contribution in [3.8, 4) is 11.5 Å². The smallest absolute Gasteiger partial charge is 0.226 e. The molecule has 3 rings (SSSR count). The van der Waals surface area contributed by atoms with E-state index >= 15 is 0 Å². The molecule has 1 atom stereocenters. The number of rotatable bonds is 4. The van der Waals surface area contributed by atoms with E-state index in [1.807, 2.05) is 34.9 Å². The van der Waals surface area contributed by atoms with Gasteiger partial charge in [-0.1, -0.05) is 0 Å². The van der Waals surface area contributed by atoms with Crippen molar-refractivity contribution in [2.75, 3.05) is 26.5 Å². The van der Waals surface area contributed by atoms with Crippen molar-refractivity contribution in [1.82, 2.24) is 4.90 Å². The number of methoxy groups -OCH3 is 2. The summed E-state index contributed by atoms with van der Waals surface area (Å²) in [7, 11) is 3.29. The number of hydrogen-bond donors (Lipinski definition) is 0. The van der Waals surface area contributed by atoms with Gasteiger partial charge in [-0.05, 0) is 30.5 Å². The normalized spacial score (nSPS) is 21.9. The van der Waals surface area contributed by atoms with Gasteiger partial charge in [-0.25, -0.2) is 0 Å². The fraction of sp³-hybridized carbons (Fsp3) is 0.533. The predicted molar refractivity (Wildman–Crippen MR) is 79.2 cm³/mol. The lowest BCUT2D eigenvalue weighted by Crippen LogP contribution is -2.31. The Hall–Kier alpha value is -1.36. The van der Waals surface area contributed by atoms with E-state index in [0.717, 1.165) is 42.2 Å². The van der Waals surface area contributed by atoms with Crippen molar-refractivity contribution in [1.29, 1.82) is 0 Å². The summed E-state index contributed by atoms with van der Waals surface area (Å²) in [4.78, 5) is 14.4. The molecule has 1 amide bonds. The Kier molecular flexibility index (Phi) is 3.78. The number of ether oxygens (including phenoxy) is 2. The molecule has 5 heteroatoms. The van der Waals surface area contributed by atoms with Crippen LogP contribution in [-0.4, -0.2) is 37.3 Å². The van der Waals surface area contributed by atoms with Crippen LogP contribution < -0.4 is 9.47 Å². The van der Waals surface area contributed by atoms with Gasteiger partial charge >= 0.3 is 0 Å². The molecule has 1 heterocycles. The molecule has 0 N–H and O–H groups in total. The zero-order chi connectivity index (χ0) is 14.1. The van der Waals surface area contributed by atoms with Gasteiger partial charge in [0.2, 0.25) is 5.91 Å². The summed E-state index contributed by atoms with van der Waals surface area (Å²) in [6.45, 7) is 0.837. The van der Waals surface area contributed by atoms with Crippen LogP contribution in [0.2, 0.25) is 0 Å². The van der Waals surface area contributed by atoms with Crippen molar-refractivity contribution < 1.29 is 14.3 Å². The highest BCUT2D eigenvalue weighted by molar-refractivity contribution is 7.99. The molecule has 1 saturated carbocycles. The molecule has 1 saturated heterocycles. The van der Waals surface area contributed by atoms with Gasteiger partial charge < -0.3 is 14.4 Å². The van der Waals surface area contributed by atoms with Gasteiger partial charge in [0.1, 0.15) is 16.9 Å². The van der Waals surface area contributed by atoms with Crippen LogP contribution >= 0.6 is 11.8 Å². The zero-order valence-electron chi connectivity index (χ0n) is 11.8. The van der Waals surface area contributed by atoms with Crippen molar-refractivity contribution >= 4 is 17.7 Å². The summed E-state index contributed by atoms with van der Waals surface area (Å²) in [5.74, 6) is 3.10. The molecule has 1 aliphatic carbocycles. The van der Waals surface area contributed by atoms with Crippen molar-refractivity contribution in [2.24, 2.45) is 5.92 Å². The number of benzene rings is 1. The molecule has 20 heavy (non-hydrogen) atoms. The second-order valence-electron chi connectivity index (χ2n) is 5.18. The number of amides is 1. The van der Waals surface area contributed by atoms with Crippen LogP contribution in [0.1, 0.15) is 23.8 Å². The Labute approximate surface area is 123 Å². The lowest BCUT2D eigenvalue weighted by Gasteiger charge is -2.24. The first-order chi connectivity index (χ1) is 9.72. The molecule has 4 nitrogen and oxygen atoms in total. The van der Waals surface area contributed by atoms with Crippen LogP contribution in [-0.2, 0) is 4.79 Å². The van der Waals surface area contributed by atoms with Gasteiger partial charge in [0.15, 0.2) is 0 Å². The zero-order valence-corrected chi connectivity index (χ0v) is 12.6. The van der Waals surface area contributed by atoms with Crippen LogP contribution in [0.3, 0.4) is 0 Å². The first kappa shape index (κ1) is 13.6. The van der Waals surface area contributed by atoms with E-state index in [-0.39, 0.29) is 11.3 Å². The Morgan fingerprint density at radius 3 is 2.40 bits per heavy atom. The second kappa shape index (κ2) is 5.56. The molecule has 0 bridgehead atoms. The van der Waals surface area contributed by atoms with E-state index in [2.05, 4.69) is 0 Å². The lowest BCUT2D eigenvalue weighted by molar-refractivity contribution is -0.132. The van der Waals surface area contributed by atoms with Crippen molar-refractivity contribution in [2.45, 2.75) is 18.2 Å². The van der Waals surface area contributed by atoms with Gasteiger partial charge in [-0.3, -0.25) is 4.79 Å².